The summed E-state index contributed by atoms with van der Waals surface area (Å²) in [6, 6.07) is 21.9. The summed E-state index contributed by atoms with van der Waals surface area (Å²) < 4.78 is 8.15. The highest BCUT2D eigenvalue weighted by Gasteiger charge is 2.37. The fourth-order valence-electron chi connectivity index (χ4n) is 5.21. The quantitative estimate of drug-likeness (QED) is 0.231. The van der Waals surface area contributed by atoms with Crippen molar-refractivity contribution in [2.45, 2.75) is 17.9 Å². The van der Waals surface area contributed by atoms with E-state index in [0.717, 1.165) is 37.5 Å². The minimum atomic E-state index is -0.804. The molecule has 2 aliphatic heterocycles. The molecule has 3 aromatic carbocycles. The average molecular weight is 647 g/mol. The first-order valence-corrected chi connectivity index (χ1v) is 15.7. The van der Waals surface area contributed by atoms with Crippen molar-refractivity contribution in [1.82, 2.24) is 4.57 Å². The Morgan fingerprint density at radius 3 is 2.49 bits per heavy atom. The molecular formula is C31H24BrN3O4S2. The van der Waals surface area contributed by atoms with Crippen LogP contribution in [0.5, 0.6) is 0 Å². The van der Waals surface area contributed by atoms with Gasteiger partial charge >= 0.3 is 5.97 Å². The van der Waals surface area contributed by atoms with E-state index in [1.807, 2.05) is 79.1 Å². The molecule has 0 saturated carbocycles. The fourth-order valence-corrected chi connectivity index (χ4v) is 7.07. The van der Waals surface area contributed by atoms with E-state index in [0.29, 0.717) is 21.6 Å². The third-order valence-corrected chi connectivity index (χ3v) is 9.41. The van der Waals surface area contributed by atoms with Crippen molar-refractivity contribution in [1.29, 1.82) is 0 Å². The number of fused-ring (bicyclic) bond motifs is 2. The standard InChI is InChI=1S/C31H24BrN3O4S2/c1-4-39-30(38)24-25(17-8-6-5-7-9-17)33-31-35(26(24)18-10-13-20(40-3)14-11-18)29(37)27(41-31)23-21-16-19(32)12-15-22(21)34(2)28(23)36/h5-16,26H,4H2,1-3H3/b27-23-/t26-/m1/s1. The van der Waals surface area contributed by atoms with E-state index in [1.165, 1.54) is 4.57 Å². The zero-order chi connectivity index (χ0) is 28.8. The molecule has 10 heteroatoms. The third-order valence-electron chi connectivity index (χ3n) is 7.12. The summed E-state index contributed by atoms with van der Waals surface area (Å²) in [5.41, 5.74) is 3.53. The van der Waals surface area contributed by atoms with E-state index >= 15 is 0 Å². The number of carbonyl (C=O) groups excluding carboxylic acids is 2. The average Bonchev–Trinajstić information content (AvgIpc) is 3.44. The molecule has 2 aliphatic rings. The van der Waals surface area contributed by atoms with Crippen LogP contribution in [-0.4, -0.2) is 36.4 Å². The Morgan fingerprint density at radius 1 is 1.07 bits per heavy atom. The number of likely N-dealkylation sites (N-methyl/N-ethyl adjacent to an activating group) is 1. The second kappa shape index (κ2) is 10.9. The lowest BCUT2D eigenvalue weighted by Gasteiger charge is -2.26. The number of anilines is 1. The number of carbonyl (C=O) groups is 2. The number of ether oxygens (including phenoxy) is 1. The largest absolute Gasteiger partial charge is 0.463 e. The van der Waals surface area contributed by atoms with Crippen LogP contribution in [0.2, 0.25) is 0 Å². The maximum Gasteiger partial charge on any atom is 0.338 e. The van der Waals surface area contributed by atoms with Crippen LogP contribution in [0.1, 0.15) is 29.7 Å². The van der Waals surface area contributed by atoms with Crippen molar-refractivity contribution in [3.63, 3.8) is 0 Å². The number of amides is 1. The van der Waals surface area contributed by atoms with E-state index in [9.17, 15) is 14.4 Å². The summed E-state index contributed by atoms with van der Waals surface area (Å²) in [4.78, 5) is 49.4. The first-order valence-electron chi connectivity index (χ1n) is 12.9. The lowest BCUT2D eigenvalue weighted by atomic mass is 9.93. The number of thioether (sulfide) groups is 1. The number of hydrogen-bond donors (Lipinski definition) is 0. The summed E-state index contributed by atoms with van der Waals surface area (Å²) in [5.74, 6) is -0.810. The molecule has 0 unspecified atom stereocenters. The highest BCUT2D eigenvalue weighted by molar-refractivity contribution is 9.10. The molecule has 0 fully saturated rings. The molecule has 6 rings (SSSR count). The number of nitrogens with zero attached hydrogens (tertiary/aromatic N) is 3. The van der Waals surface area contributed by atoms with Gasteiger partial charge in [0, 0.05) is 27.5 Å². The molecule has 206 valence electrons. The topological polar surface area (TPSA) is 81.0 Å². The third kappa shape index (κ3) is 4.60. The van der Waals surface area contributed by atoms with Gasteiger partial charge in [0.15, 0.2) is 4.80 Å². The first kappa shape index (κ1) is 27.4. The van der Waals surface area contributed by atoms with E-state index in [1.54, 1.807) is 30.6 Å². The van der Waals surface area contributed by atoms with Crippen LogP contribution in [0, 0.1) is 0 Å². The molecule has 0 bridgehead atoms. The Kier molecular flexibility index (Phi) is 7.31. The van der Waals surface area contributed by atoms with Crippen LogP contribution in [0.4, 0.5) is 5.69 Å². The Balaban J connectivity index is 1.72. The number of halogens is 1. The van der Waals surface area contributed by atoms with E-state index in [4.69, 9.17) is 9.73 Å². The lowest BCUT2D eigenvalue weighted by Crippen LogP contribution is -2.40. The SMILES string of the molecule is CCOC(=O)C1=C(c2ccccc2)N=c2s/c(=C3\C(=O)N(C)c4ccc(Br)cc43)c(=O)n2[C@@H]1c1ccc(SC)cc1. The van der Waals surface area contributed by atoms with E-state index in [2.05, 4.69) is 15.9 Å². The molecule has 0 radical (unpaired) electrons. The van der Waals surface area contributed by atoms with Crippen molar-refractivity contribution in [2.24, 2.45) is 4.99 Å². The van der Waals surface area contributed by atoms with Gasteiger partial charge in [0.1, 0.15) is 4.53 Å². The van der Waals surface area contributed by atoms with Gasteiger partial charge in [0.25, 0.3) is 11.5 Å². The Bertz CT molecular complexity index is 1930. The van der Waals surface area contributed by atoms with Crippen molar-refractivity contribution in [3.05, 3.63) is 119 Å². The highest BCUT2D eigenvalue weighted by atomic mass is 79.9. The van der Waals surface area contributed by atoms with Crippen LogP contribution < -0.4 is 19.8 Å². The minimum absolute atomic E-state index is 0.170. The summed E-state index contributed by atoms with van der Waals surface area (Å²) in [5, 5.41) is 0. The first-order chi connectivity index (χ1) is 19.8. The van der Waals surface area contributed by atoms with Gasteiger partial charge < -0.3 is 9.64 Å². The maximum atomic E-state index is 14.4. The van der Waals surface area contributed by atoms with Gasteiger partial charge in [-0.3, -0.25) is 14.2 Å². The molecule has 0 saturated heterocycles. The van der Waals surface area contributed by atoms with Crippen LogP contribution in [0.3, 0.4) is 0 Å². The zero-order valence-electron chi connectivity index (χ0n) is 22.4. The summed E-state index contributed by atoms with van der Waals surface area (Å²) in [6.45, 7) is 1.92. The van der Waals surface area contributed by atoms with Crippen LogP contribution in [-0.2, 0) is 14.3 Å². The van der Waals surface area contributed by atoms with Crippen LogP contribution >= 0.6 is 39.0 Å². The van der Waals surface area contributed by atoms with Crippen molar-refractivity contribution in [3.8, 4) is 0 Å². The summed E-state index contributed by atoms with van der Waals surface area (Å²) >= 11 is 6.27. The molecule has 4 aromatic rings. The Morgan fingerprint density at radius 2 is 1.80 bits per heavy atom. The zero-order valence-corrected chi connectivity index (χ0v) is 25.6. The fraction of sp³-hybridized carbons (Fsp3) is 0.161. The van der Waals surface area contributed by atoms with Crippen molar-refractivity contribution in [2.75, 3.05) is 24.8 Å². The normalized spacial score (nSPS) is 17.3. The molecule has 1 amide bonds. The molecular weight excluding hydrogens is 622 g/mol. The predicted molar refractivity (Wildman–Crippen MR) is 166 cm³/mol. The number of benzene rings is 3. The molecule has 7 nitrogen and oxygen atoms in total. The van der Waals surface area contributed by atoms with E-state index < -0.39 is 12.0 Å². The maximum absolute atomic E-state index is 14.4. The Hall–Kier alpha value is -3.73. The summed E-state index contributed by atoms with van der Waals surface area (Å²) in [6.07, 6.45) is 1.99. The minimum Gasteiger partial charge on any atom is -0.463 e. The summed E-state index contributed by atoms with van der Waals surface area (Å²) in [7, 11) is 1.70. The number of hydrogen-bond acceptors (Lipinski definition) is 7. The van der Waals surface area contributed by atoms with Gasteiger partial charge in [0.2, 0.25) is 0 Å². The second-order valence-electron chi connectivity index (χ2n) is 9.43. The molecule has 1 atom stereocenters. The predicted octanol–water partition coefficient (Wildman–Crippen LogP) is 4.77. The van der Waals surface area contributed by atoms with Crippen LogP contribution in [0.15, 0.2) is 97.5 Å². The Labute approximate surface area is 252 Å². The van der Waals surface area contributed by atoms with Gasteiger partial charge in [-0.05, 0) is 49.1 Å². The van der Waals surface area contributed by atoms with Crippen LogP contribution in [0.25, 0.3) is 11.3 Å². The molecule has 1 aromatic heterocycles. The van der Waals surface area contributed by atoms with Crippen molar-refractivity contribution < 1.29 is 14.3 Å². The van der Waals surface area contributed by atoms with Crippen molar-refractivity contribution >= 4 is 67.9 Å². The number of rotatable bonds is 5. The lowest BCUT2D eigenvalue weighted by molar-refractivity contribution is -0.138. The number of aromatic nitrogens is 1. The van der Waals surface area contributed by atoms with Gasteiger partial charge in [-0.1, -0.05) is 69.7 Å². The van der Waals surface area contributed by atoms with Gasteiger partial charge in [0.05, 0.1) is 35.2 Å². The number of thiazole rings is 1. The molecule has 0 aliphatic carbocycles. The molecule has 0 spiro atoms. The smallest absolute Gasteiger partial charge is 0.338 e. The van der Waals surface area contributed by atoms with Gasteiger partial charge in [-0.2, -0.15) is 0 Å². The molecule has 3 heterocycles. The van der Waals surface area contributed by atoms with Gasteiger partial charge in [-0.25, -0.2) is 9.79 Å². The molecule has 0 N–H and O–H groups in total. The van der Waals surface area contributed by atoms with Gasteiger partial charge in [-0.15, -0.1) is 11.8 Å². The second-order valence-corrected chi connectivity index (χ2v) is 12.2. The van der Waals surface area contributed by atoms with E-state index in [-0.39, 0.29) is 28.2 Å². The monoisotopic (exact) mass is 645 g/mol. The number of esters is 1. The molecule has 41 heavy (non-hydrogen) atoms. The highest BCUT2D eigenvalue weighted by Crippen LogP contribution is 2.38.